The second kappa shape index (κ2) is 12.6. The topological polar surface area (TPSA) is 64.5 Å². The minimum Gasteiger partial charge on any atom is -0.245 e. The molecule has 0 bridgehead atoms. The summed E-state index contributed by atoms with van der Waals surface area (Å²) in [4.78, 5) is 25.4. The van der Waals surface area contributed by atoms with Crippen molar-refractivity contribution in [3.63, 3.8) is 0 Å². The number of pyridine rings is 2. The van der Waals surface area contributed by atoms with Gasteiger partial charge in [0.05, 0.1) is 22.4 Å². The molecule has 50 heavy (non-hydrogen) atoms. The van der Waals surface area contributed by atoms with Crippen LogP contribution in [0.2, 0.25) is 0 Å². The van der Waals surface area contributed by atoms with Crippen molar-refractivity contribution in [2.45, 2.75) is 0 Å². The average Bonchev–Trinajstić information content (AvgIpc) is 3.21. The van der Waals surface area contributed by atoms with E-state index in [0.717, 1.165) is 72.1 Å². The third-order valence-electron chi connectivity index (χ3n) is 8.91. The minimum atomic E-state index is 0.600. The van der Waals surface area contributed by atoms with E-state index in [1.54, 1.807) is 0 Å². The van der Waals surface area contributed by atoms with Gasteiger partial charge in [-0.2, -0.15) is 0 Å². The van der Waals surface area contributed by atoms with E-state index in [2.05, 4.69) is 78.9 Å². The van der Waals surface area contributed by atoms with E-state index in [4.69, 9.17) is 24.9 Å². The molecule has 0 saturated carbocycles. The van der Waals surface area contributed by atoms with Gasteiger partial charge in [0.25, 0.3) is 0 Å². The standard InChI is InChI=1S/C45H29N5/c1-5-14-30(15-6-1)38-29-40(47-42-37(38)26-24-32-25-27-39(46-41(32)42)31-16-7-2-8-17-31)35-22-13-23-36(28-35)45-49-43(33-18-9-3-10-19-33)48-44(50-45)34-20-11-4-12-21-34/h1-29H. The number of fused-ring (bicyclic) bond motifs is 3. The van der Waals surface area contributed by atoms with E-state index in [9.17, 15) is 0 Å². The fraction of sp³-hybridized carbons (Fsp3) is 0. The van der Waals surface area contributed by atoms with Gasteiger partial charge < -0.3 is 0 Å². The summed E-state index contributed by atoms with van der Waals surface area (Å²) in [5, 5.41) is 2.10. The van der Waals surface area contributed by atoms with E-state index in [-0.39, 0.29) is 0 Å². The Balaban J connectivity index is 1.24. The molecule has 0 radical (unpaired) electrons. The molecule has 0 unspecified atom stereocenters. The predicted molar refractivity (Wildman–Crippen MR) is 203 cm³/mol. The molecule has 6 aromatic carbocycles. The molecular formula is C45H29N5. The summed E-state index contributed by atoms with van der Waals surface area (Å²) in [6.45, 7) is 0. The second-order valence-electron chi connectivity index (χ2n) is 12.1. The van der Waals surface area contributed by atoms with Crippen LogP contribution in [0.1, 0.15) is 0 Å². The maximum absolute atomic E-state index is 5.34. The van der Waals surface area contributed by atoms with Gasteiger partial charge in [-0.25, -0.2) is 24.9 Å². The van der Waals surface area contributed by atoms with Crippen molar-refractivity contribution >= 4 is 21.8 Å². The molecule has 0 spiro atoms. The van der Waals surface area contributed by atoms with Gasteiger partial charge in [-0.3, -0.25) is 0 Å². The molecule has 0 fully saturated rings. The Hall–Kier alpha value is -6.85. The highest BCUT2D eigenvalue weighted by Crippen LogP contribution is 2.36. The van der Waals surface area contributed by atoms with E-state index in [1.807, 2.05) is 97.1 Å². The van der Waals surface area contributed by atoms with Crippen LogP contribution >= 0.6 is 0 Å². The molecule has 5 heteroatoms. The van der Waals surface area contributed by atoms with E-state index >= 15 is 0 Å². The molecule has 3 aromatic heterocycles. The van der Waals surface area contributed by atoms with Crippen LogP contribution < -0.4 is 0 Å². The zero-order chi connectivity index (χ0) is 33.3. The Morgan fingerprint density at radius 1 is 0.280 bits per heavy atom. The number of benzene rings is 6. The lowest BCUT2D eigenvalue weighted by molar-refractivity contribution is 1.07. The molecule has 0 atom stereocenters. The Labute approximate surface area is 289 Å². The minimum absolute atomic E-state index is 0.600. The van der Waals surface area contributed by atoms with Gasteiger partial charge in [-0.1, -0.05) is 158 Å². The lowest BCUT2D eigenvalue weighted by Crippen LogP contribution is -2.00. The first kappa shape index (κ1) is 29.3. The first-order valence-corrected chi connectivity index (χ1v) is 16.6. The zero-order valence-electron chi connectivity index (χ0n) is 27.0. The molecular weight excluding hydrogens is 611 g/mol. The van der Waals surface area contributed by atoms with Crippen molar-refractivity contribution < 1.29 is 0 Å². The zero-order valence-corrected chi connectivity index (χ0v) is 27.0. The molecule has 0 aliphatic heterocycles. The van der Waals surface area contributed by atoms with Crippen molar-refractivity contribution in [2.24, 2.45) is 0 Å². The van der Waals surface area contributed by atoms with Crippen LogP contribution in [-0.2, 0) is 0 Å². The smallest absolute Gasteiger partial charge is 0.164 e. The van der Waals surface area contributed by atoms with Crippen molar-refractivity contribution in [3.05, 3.63) is 176 Å². The summed E-state index contributed by atoms with van der Waals surface area (Å²) < 4.78 is 0. The van der Waals surface area contributed by atoms with Gasteiger partial charge >= 0.3 is 0 Å². The molecule has 5 nitrogen and oxygen atoms in total. The quantitative estimate of drug-likeness (QED) is 0.169. The van der Waals surface area contributed by atoms with E-state index in [0.29, 0.717) is 17.5 Å². The summed E-state index contributed by atoms with van der Waals surface area (Å²) >= 11 is 0. The average molecular weight is 640 g/mol. The van der Waals surface area contributed by atoms with Crippen LogP contribution in [0.25, 0.3) is 89.6 Å². The Kier molecular flexibility index (Phi) is 7.41. The molecule has 234 valence electrons. The first-order chi connectivity index (χ1) is 24.8. The summed E-state index contributed by atoms with van der Waals surface area (Å²) in [6, 6.07) is 59.9. The fourth-order valence-electron chi connectivity index (χ4n) is 6.40. The largest absolute Gasteiger partial charge is 0.245 e. The van der Waals surface area contributed by atoms with Crippen molar-refractivity contribution in [3.8, 4) is 67.8 Å². The summed E-state index contributed by atoms with van der Waals surface area (Å²) in [7, 11) is 0. The number of rotatable bonds is 6. The molecule has 0 N–H and O–H groups in total. The van der Waals surface area contributed by atoms with Crippen LogP contribution in [0.3, 0.4) is 0 Å². The highest BCUT2D eigenvalue weighted by atomic mass is 15.0. The second-order valence-corrected chi connectivity index (χ2v) is 12.1. The van der Waals surface area contributed by atoms with Crippen LogP contribution in [0.5, 0.6) is 0 Å². The SMILES string of the molecule is c1ccc(-c2ccc3ccc4c(-c5ccccc5)cc(-c5cccc(-c6nc(-c7ccccc7)nc(-c7ccccc7)n6)c5)nc4c3n2)cc1. The molecule has 9 aromatic rings. The van der Waals surface area contributed by atoms with Gasteiger partial charge in [0.2, 0.25) is 0 Å². The van der Waals surface area contributed by atoms with Gasteiger partial charge in [-0.05, 0) is 29.3 Å². The molecule has 0 aliphatic carbocycles. The highest BCUT2D eigenvalue weighted by molar-refractivity contribution is 6.09. The van der Waals surface area contributed by atoms with Gasteiger partial charge in [-0.15, -0.1) is 0 Å². The van der Waals surface area contributed by atoms with Gasteiger partial charge in [0, 0.05) is 38.6 Å². The first-order valence-electron chi connectivity index (χ1n) is 16.6. The van der Waals surface area contributed by atoms with Crippen molar-refractivity contribution in [1.29, 1.82) is 0 Å². The maximum Gasteiger partial charge on any atom is 0.164 e. The predicted octanol–water partition coefficient (Wildman–Crippen LogP) is 11.0. The van der Waals surface area contributed by atoms with Crippen LogP contribution in [0, 0.1) is 0 Å². The Morgan fingerprint density at radius 3 is 1.38 bits per heavy atom. The van der Waals surface area contributed by atoms with Crippen LogP contribution in [0.15, 0.2) is 176 Å². The van der Waals surface area contributed by atoms with Gasteiger partial charge in [0.1, 0.15) is 0 Å². The summed E-state index contributed by atoms with van der Waals surface area (Å²) in [6.07, 6.45) is 0. The third-order valence-corrected chi connectivity index (χ3v) is 8.91. The number of aromatic nitrogens is 5. The molecule has 9 rings (SSSR count). The fourth-order valence-corrected chi connectivity index (χ4v) is 6.40. The summed E-state index contributed by atoms with van der Waals surface area (Å²) in [5.41, 5.74) is 10.5. The molecule has 0 saturated heterocycles. The Bertz CT molecular complexity index is 2570. The summed E-state index contributed by atoms with van der Waals surface area (Å²) in [5.74, 6) is 1.85. The Morgan fingerprint density at radius 2 is 0.760 bits per heavy atom. The van der Waals surface area contributed by atoms with E-state index < -0.39 is 0 Å². The molecule has 3 heterocycles. The molecule has 0 amide bonds. The van der Waals surface area contributed by atoms with Gasteiger partial charge in [0.15, 0.2) is 17.5 Å². The lowest BCUT2D eigenvalue weighted by Gasteiger charge is -2.13. The van der Waals surface area contributed by atoms with Crippen molar-refractivity contribution in [2.75, 3.05) is 0 Å². The number of hydrogen-bond acceptors (Lipinski definition) is 5. The maximum atomic E-state index is 5.34. The van der Waals surface area contributed by atoms with E-state index in [1.165, 1.54) is 0 Å². The lowest BCUT2D eigenvalue weighted by atomic mass is 9.96. The number of nitrogens with zero attached hydrogens (tertiary/aromatic N) is 5. The van der Waals surface area contributed by atoms with Crippen LogP contribution in [-0.4, -0.2) is 24.9 Å². The molecule has 0 aliphatic rings. The third kappa shape index (κ3) is 5.57. The number of hydrogen-bond donors (Lipinski definition) is 0. The van der Waals surface area contributed by atoms with Crippen LogP contribution in [0.4, 0.5) is 0 Å². The van der Waals surface area contributed by atoms with Crippen molar-refractivity contribution in [1.82, 2.24) is 24.9 Å². The normalized spacial score (nSPS) is 11.2. The monoisotopic (exact) mass is 639 g/mol. The highest BCUT2D eigenvalue weighted by Gasteiger charge is 2.16.